The molecule has 0 amide bonds. The SMILES string of the molecule is CC1CN(S(=O)(=O)c2ccc(C#N)cc2Cl)C(C)CO1. The summed E-state index contributed by atoms with van der Waals surface area (Å²) in [7, 11) is -3.69. The van der Waals surface area contributed by atoms with Gasteiger partial charge in [0.1, 0.15) is 4.90 Å². The smallest absolute Gasteiger partial charge is 0.244 e. The lowest BCUT2D eigenvalue weighted by atomic mass is 10.2. The molecule has 1 fully saturated rings. The molecule has 1 heterocycles. The summed E-state index contributed by atoms with van der Waals surface area (Å²) in [6.45, 7) is 4.27. The van der Waals surface area contributed by atoms with Crippen molar-refractivity contribution in [2.75, 3.05) is 13.2 Å². The number of nitriles is 1. The van der Waals surface area contributed by atoms with Crippen LogP contribution in [-0.4, -0.2) is 38.0 Å². The Labute approximate surface area is 123 Å². The summed E-state index contributed by atoms with van der Waals surface area (Å²) < 4.78 is 32.2. The molecular weight excluding hydrogens is 300 g/mol. The summed E-state index contributed by atoms with van der Waals surface area (Å²) in [4.78, 5) is 0.0270. The molecule has 1 aromatic rings. The number of rotatable bonds is 2. The van der Waals surface area contributed by atoms with Crippen LogP contribution >= 0.6 is 11.6 Å². The van der Waals surface area contributed by atoms with Crippen LogP contribution in [0.15, 0.2) is 23.1 Å². The van der Waals surface area contributed by atoms with Gasteiger partial charge >= 0.3 is 0 Å². The van der Waals surface area contributed by atoms with Crippen molar-refractivity contribution >= 4 is 21.6 Å². The van der Waals surface area contributed by atoms with Gasteiger partial charge in [0, 0.05) is 12.6 Å². The summed E-state index contributed by atoms with van der Waals surface area (Å²) in [5, 5.41) is 8.86. The molecule has 5 nitrogen and oxygen atoms in total. The van der Waals surface area contributed by atoms with Crippen molar-refractivity contribution in [1.82, 2.24) is 4.31 Å². The van der Waals surface area contributed by atoms with Gasteiger partial charge in [0.25, 0.3) is 0 Å². The van der Waals surface area contributed by atoms with Crippen LogP contribution in [0.2, 0.25) is 5.02 Å². The number of hydrogen-bond acceptors (Lipinski definition) is 4. The predicted molar refractivity (Wildman–Crippen MR) is 74.9 cm³/mol. The normalized spacial score (nSPS) is 24.3. The minimum atomic E-state index is -3.69. The van der Waals surface area contributed by atoms with E-state index in [0.717, 1.165) is 0 Å². The van der Waals surface area contributed by atoms with E-state index in [-0.39, 0.29) is 22.1 Å². The third-order valence-corrected chi connectivity index (χ3v) is 5.66. The Bertz CT molecular complexity index is 654. The van der Waals surface area contributed by atoms with Gasteiger partial charge in [-0.25, -0.2) is 8.42 Å². The first-order valence-electron chi connectivity index (χ1n) is 6.19. The van der Waals surface area contributed by atoms with Crippen LogP contribution in [0, 0.1) is 11.3 Å². The van der Waals surface area contributed by atoms with Gasteiger partial charge in [0.15, 0.2) is 0 Å². The maximum Gasteiger partial charge on any atom is 0.244 e. The van der Waals surface area contributed by atoms with Gasteiger partial charge in [0.05, 0.1) is 29.4 Å². The molecule has 1 saturated heterocycles. The fourth-order valence-electron chi connectivity index (χ4n) is 2.11. The highest BCUT2D eigenvalue weighted by Crippen LogP contribution is 2.28. The average molecular weight is 315 g/mol. The van der Waals surface area contributed by atoms with Crippen molar-refractivity contribution in [3.8, 4) is 6.07 Å². The fourth-order valence-corrected chi connectivity index (χ4v) is 4.33. The first-order chi connectivity index (χ1) is 9.36. The Morgan fingerprint density at radius 1 is 1.45 bits per heavy atom. The second kappa shape index (κ2) is 5.70. The summed E-state index contributed by atoms with van der Waals surface area (Å²) in [5.41, 5.74) is 0.331. The van der Waals surface area contributed by atoms with Gasteiger partial charge in [-0.3, -0.25) is 0 Å². The highest BCUT2D eigenvalue weighted by molar-refractivity contribution is 7.89. The maximum atomic E-state index is 12.7. The second-order valence-corrected chi connectivity index (χ2v) is 7.09. The minimum absolute atomic E-state index is 0.0270. The lowest BCUT2D eigenvalue weighted by molar-refractivity contribution is -0.0170. The number of benzene rings is 1. The number of hydrogen-bond donors (Lipinski definition) is 0. The van der Waals surface area contributed by atoms with Crippen LogP contribution in [0.3, 0.4) is 0 Å². The molecule has 0 saturated carbocycles. The molecule has 0 spiro atoms. The highest BCUT2D eigenvalue weighted by atomic mass is 35.5. The first-order valence-corrected chi connectivity index (χ1v) is 8.01. The summed E-state index contributed by atoms with van der Waals surface area (Å²) in [6, 6.07) is 5.88. The highest BCUT2D eigenvalue weighted by Gasteiger charge is 2.35. The topological polar surface area (TPSA) is 70.4 Å². The lowest BCUT2D eigenvalue weighted by Crippen LogP contribution is -2.50. The van der Waals surface area contributed by atoms with E-state index in [1.54, 1.807) is 6.92 Å². The molecule has 2 atom stereocenters. The first kappa shape index (κ1) is 15.3. The largest absolute Gasteiger partial charge is 0.375 e. The lowest BCUT2D eigenvalue weighted by Gasteiger charge is -2.35. The van der Waals surface area contributed by atoms with Crippen LogP contribution in [-0.2, 0) is 14.8 Å². The number of sulfonamides is 1. The van der Waals surface area contributed by atoms with Gasteiger partial charge < -0.3 is 4.74 Å². The number of morpholine rings is 1. The average Bonchev–Trinajstić information content (AvgIpc) is 2.40. The molecule has 0 N–H and O–H groups in total. The van der Waals surface area contributed by atoms with Gasteiger partial charge in [-0.2, -0.15) is 9.57 Å². The van der Waals surface area contributed by atoms with Crippen LogP contribution in [0.1, 0.15) is 19.4 Å². The summed E-state index contributed by atoms with van der Waals surface area (Å²) >= 11 is 6.01. The standard InChI is InChI=1S/C13H15ClN2O3S/c1-9-8-19-10(2)7-16(9)20(17,18)13-4-3-11(6-15)5-12(13)14/h3-5,9-10H,7-8H2,1-2H3. The Morgan fingerprint density at radius 2 is 2.15 bits per heavy atom. The minimum Gasteiger partial charge on any atom is -0.375 e. The van der Waals surface area contributed by atoms with Gasteiger partial charge in [-0.1, -0.05) is 11.6 Å². The van der Waals surface area contributed by atoms with Crippen molar-refractivity contribution in [1.29, 1.82) is 5.26 Å². The Kier molecular flexibility index (Phi) is 4.35. The van der Waals surface area contributed by atoms with E-state index in [4.69, 9.17) is 21.6 Å². The maximum absolute atomic E-state index is 12.7. The fraction of sp³-hybridized carbons (Fsp3) is 0.462. The molecule has 2 rings (SSSR count). The number of halogens is 1. The zero-order chi connectivity index (χ0) is 14.9. The zero-order valence-corrected chi connectivity index (χ0v) is 12.8. The van der Waals surface area contributed by atoms with E-state index in [9.17, 15) is 8.42 Å². The van der Waals surface area contributed by atoms with Crippen LogP contribution in [0.5, 0.6) is 0 Å². The van der Waals surface area contributed by atoms with Gasteiger partial charge in [0.2, 0.25) is 10.0 Å². The Balaban J connectivity index is 2.42. The van der Waals surface area contributed by atoms with E-state index in [0.29, 0.717) is 18.7 Å². The van der Waals surface area contributed by atoms with Crippen molar-refractivity contribution in [3.05, 3.63) is 28.8 Å². The van der Waals surface area contributed by atoms with Gasteiger partial charge in [-0.15, -0.1) is 0 Å². The van der Waals surface area contributed by atoms with Gasteiger partial charge in [-0.05, 0) is 32.0 Å². The van der Waals surface area contributed by atoms with E-state index in [1.165, 1.54) is 22.5 Å². The quantitative estimate of drug-likeness (QED) is 0.837. The second-order valence-electron chi connectivity index (χ2n) is 4.82. The molecule has 7 heteroatoms. The molecule has 20 heavy (non-hydrogen) atoms. The molecule has 0 aliphatic carbocycles. The molecule has 108 valence electrons. The van der Waals surface area contributed by atoms with Crippen molar-refractivity contribution in [2.24, 2.45) is 0 Å². The van der Waals surface area contributed by atoms with Crippen LogP contribution in [0.4, 0.5) is 0 Å². The summed E-state index contributed by atoms with van der Waals surface area (Å²) in [5.74, 6) is 0. The molecule has 0 radical (unpaired) electrons. The van der Waals surface area contributed by atoms with Crippen molar-refractivity contribution in [2.45, 2.75) is 30.9 Å². The van der Waals surface area contributed by atoms with Crippen molar-refractivity contribution < 1.29 is 13.2 Å². The van der Waals surface area contributed by atoms with Crippen LogP contribution < -0.4 is 0 Å². The van der Waals surface area contributed by atoms with E-state index in [1.807, 2.05) is 13.0 Å². The number of nitrogens with zero attached hydrogens (tertiary/aromatic N) is 2. The monoisotopic (exact) mass is 314 g/mol. The van der Waals surface area contributed by atoms with Crippen LogP contribution in [0.25, 0.3) is 0 Å². The molecule has 1 aliphatic rings. The Hall–Kier alpha value is -1.13. The third-order valence-electron chi connectivity index (χ3n) is 3.20. The summed E-state index contributed by atoms with van der Waals surface area (Å²) in [6.07, 6.45) is -0.155. The van der Waals surface area contributed by atoms with Crippen molar-refractivity contribution in [3.63, 3.8) is 0 Å². The molecule has 2 unspecified atom stereocenters. The molecule has 1 aliphatic heterocycles. The molecule has 0 aromatic heterocycles. The molecule has 0 bridgehead atoms. The predicted octanol–water partition coefficient (Wildman–Crippen LogP) is 2.01. The van der Waals surface area contributed by atoms with E-state index in [2.05, 4.69) is 0 Å². The Morgan fingerprint density at radius 3 is 2.75 bits per heavy atom. The zero-order valence-electron chi connectivity index (χ0n) is 11.2. The van der Waals surface area contributed by atoms with E-state index >= 15 is 0 Å². The molecule has 1 aromatic carbocycles. The molecular formula is C13H15ClN2O3S. The van der Waals surface area contributed by atoms with E-state index < -0.39 is 10.0 Å². The third kappa shape index (κ3) is 2.81. The number of ether oxygens (including phenoxy) is 1.